The molecule has 2 amide bonds. The van der Waals surface area contributed by atoms with Crippen LogP contribution in [0.25, 0.3) is 0 Å². The van der Waals surface area contributed by atoms with Crippen LogP contribution >= 0.6 is 22.9 Å². The zero-order chi connectivity index (χ0) is 18.7. The van der Waals surface area contributed by atoms with Crippen molar-refractivity contribution in [3.63, 3.8) is 0 Å². The van der Waals surface area contributed by atoms with E-state index < -0.39 is 0 Å². The molecule has 1 fully saturated rings. The highest BCUT2D eigenvalue weighted by Crippen LogP contribution is 2.26. The molecule has 1 saturated heterocycles. The van der Waals surface area contributed by atoms with Crippen molar-refractivity contribution in [1.29, 1.82) is 0 Å². The molecule has 2 heterocycles. The minimum absolute atomic E-state index is 0.0450. The minimum atomic E-state index is -0.232. The highest BCUT2D eigenvalue weighted by molar-refractivity contribution is 7.12. The standard InChI is InChI=1S/C19H22ClN3O2S/c1-12(21)13-6-8-23(9-7-13)19(25)14-4-5-15(20)16(11-14)22-18(24)17-3-2-10-26-17/h2-5,10-13H,6-9,21H2,1H3,(H,22,24). The van der Waals surface area contributed by atoms with E-state index in [0.717, 1.165) is 12.8 Å². The van der Waals surface area contributed by atoms with Crippen molar-refractivity contribution in [2.75, 3.05) is 18.4 Å². The van der Waals surface area contributed by atoms with Gasteiger partial charge in [0.2, 0.25) is 0 Å². The van der Waals surface area contributed by atoms with Crippen molar-refractivity contribution < 1.29 is 9.59 Å². The number of halogens is 1. The third-order valence-electron chi connectivity index (χ3n) is 4.78. The summed E-state index contributed by atoms with van der Waals surface area (Å²) in [6.07, 6.45) is 1.83. The molecule has 3 rings (SSSR count). The number of carbonyl (C=O) groups is 2. The second-order valence-electron chi connectivity index (χ2n) is 6.61. The Balaban J connectivity index is 1.71. The van der Waals surface area contributed by atoms with Crippen LogP contribution in [0.2, 0.25) is 5.02 Å². The molecule has 7 heteroatoms. The van der Waals surface area contributed by atoms with Gasteiger partial charge in [0.15, 0.2) is 0 Å². The number of thiophene rings is 1. The molecule has 0 radical (unpaired) electrons. The number of anilines is 1. The SMILES string of the molecule is CC(N)C1CCN(C(=O)c2ccc(Cl)c(NC(=O)c3cccs3)c2)CC1. The number of hydrogen-bond donors (Lipinski definition) is 2. The fraction of sp³-hybridized carbons (Fsp3) is 0.368. The number of benzene rings is 1. The number of nitrogens with zero attached hydrogens (tertiary/aromatic N) is 1. The highest BCUT2D eigenvalue weighted by atomic mass is 35.5. The highest BCUT2D eigenvalue weighted by Gasteiger charge is 2.26. The Bertz CT molecular complexity index is 784. The Kier molecular flexibility index (Phi) is 5.96. The fourth-order valence-corrected chi connectivity index (χ4v) is 3.94. The van der Waals surface area contributed by atoms with E-state index in [2.05, 4.69) is 5.32 Å². The zero-order valence-electron chi connectivity index (χ0n) is 14.6. The van der Waals surface area contributed by atoms with E-state index in [1.54, 1.807) is 24.3 Å². The number of nitrogens with one attached hydrogen (secondary N) is 1. The third-order valence-corrected chi connectivity index (χ3v) is 5.98. The Morgan fingerprint density at radius 3 is 2.65 bits per heavy atom. The minimum Gasteiger partial charge on any atom is -0.339 e. The Morgan fingerprint density at radius 2 is 2.04 bits per heavy atom. The molecule has 138 valence electrons. The summed E-state index contributed by atoms with van der Waals surface area (Å²) in [4.78, 5) is 27.5. The second kappa shape index (κ2) is 8.20. The van der Waals surface area contributed by atoms with Crippen molar-refractivity contribution in [2.24, 2.45) is 11.7 Å². The molecule has 1 aliphatic heterocycles. The van der Waals surface area contributed by atoms with Gasteiger partial charge in [-0.05, 0) is 55.3 Å². The maximum atomic E-state index is 12.8. The van der Waals surface area contributed by atoms with Crippen LogP contribution in [0.1, 0.15) is 39.8 Å². The van der Waals surface area contributed by atoms with Gasteiger partial charge in [0, 0.05) is 24.7 Å². The van der Waals surface area contributed by atoms with Crippen LogP contribution in [0, 0.1) is 5.92 Å². The summed E-state index contributed by atoms with van der Waals surface area (Å²) in [5.41, 5.74) is 6.93. The Labute approximate surface area is 162 Å². The first kappa shape index (κ1) is 18.9. The maximum absolute atomic E-state index is 12.8. The molecular weight excluding hydrogens is 370 g/mol. The lowest BCUT2D eigenvalue weighted by atomic mass is 9.90. The lowest BCUT2D eigenvalue weighted by Gasteiger charge is -2.33. The summed E-state index contributed by atoms with van der Waals surface area (Å²) in [7, 11) is 0. The van der Waals surface area contributed by atoms with Crippen LogP contribution in [-0.4, -0.2) is 35.8 Å². The van der Waals surface area contributed by atoms with Crippen LogP contribution < -0.4 is 11.1 Å². The van der Waals surface area contributed by atoms with Crippen molar-refractivity contribution in [3.05, 3.63) is 51.2 Å². The first-order valence-corrected chi connectivity index (χ1v) is 9.90. The molecule has 5 nitrogen and oxygen atoms in total. The molecule has 1 aliphatic rings. The van der Waals surface area contributed by atoms with Crippen molar-refractivity contribution in [1.82, 2.24) is 4.90 Å². The molecule has 3 N–H and O–H groups in total. The first-order chi connectivity index (χ1) is 12.5. The van der Waals surface area contributed by atoms with E-state index in [0.29, 0.717) is 40.2 Å². The lowest BCUT2D eigenvalue weighted by Crippen LogP contribution is -2.42. The average molecular weight is 392 g/mol. The van der Waals surface area contributed by atoms with E-state index in [1.807, 2.05) is 23.3 Å². The van der Waals surface area contributed by atoms with Crippen LogP contribution in [0.5, 0.6) is 0 Å². The van der Waals surface area contributed by atoms with Crippen LogP contribution in [-0.2, 0) is 0 Å². The summed E-state index contributed by atoms with van der Waals surface area (Å²) in [6, 6.07) is 8.70. The van der Waals surface area contributed by atoms with Gasteiger partial charge >= 0.3 is 0 Å². The van der Waals surface area contributed by atoms with Gasteiger partial charge in [0.05, 0.1) is 15.6 Å². The molecule has 1 atom stereocenters. The third kappa shape index (κ3) is 4.26. The predicted molar refractivity (Wildman–Crippen MR) is 106 cm³/mol. The normalized spacial score (nSPS) is 16.3. The summed E-state index contributed by atoms with van der Waals surface area (Å²) >= 11 is 7.55. The summed E-state index contributed by atoms with van der Waals surface area (Å²) in [6.45, 7) is 3.42. The number of hydrogen-bond acceptors (Lipinski definition) is 4. The van der Waals surface area contributed by atoms with Gasteiger partial charge in [-0.15, -0.1) is 11.3 Å². The quantitative estimate of drug-likeness (QED) is 0.831. The van der Waals surface area contributed by atoms with Crippen molar-refractivity contribution in [3.8, 4) is 0 Å². The number of rotatable bonds is 4. The molecule has 0 bridgehead atoms. The van der Waals surface area contributed by atoms with Gasteiger partial charge in [0.25, 0.3) is 11.8 Å². The number of carbonyl (C=O) groups excluding carboxylic acids is 2. The number of likely N-dealkylation sites (tertiary alicyclic amines) is 1. The van der Waals surface area contributed by atoms with E-state index in [4.69, 9.17) is 17.3 Å². The second-order valence-corrected chi connectivity index (χ2v) is 7.97. The molecule has 2 aromatic rings. The molecule has 0 saturated carbocycles. The Hall–Kier alpha value is -1.89. The summed E-state index contributed by atoms with van der Waals surface area (Å²) in [5, 5.41) is 5.03. The van der Waals surface area contributed by atoms with Gasteiger partial charge in [0.1, 0.15) is 0 Å². The van der Waals surface area contributed by atoms with Gasteiger partial charge < -0.3 is 16.0 Å². The molecule has 26 heavy (non-hydrogen) atoms. The largest absolute Gasteiger partial charge is 0.339 e. The van der Waals surface area contributed by atoms with Crippen LogP contribution in [0.15, 0.2) is 35.7 Å². The van der Waals surface area contributed by atoms with Gasteiger partial charge in [-0.3, -0.25) is 9.59 Å². The first-order valence-electron chi connectivity index (χ1n) is 8.65. The molecule has 0 aliphatic carbocycles. The number of piperidine rings is 1. The Morgan fingerprint density at radius 1 is 1.31 bits per heavy atom. The lowest BCUT2D eigenvalue weighted by molar-refractivity contribution is 0.0681. The predicted octanol–water partition coefficient (Wildman–Crippen LogP) is 3.85. The van der Waals surface area contributed by atoms with Gasteiger partial charge in [-0.1, -0.05) is 17.7 Å². The van der Waals surface area contributed by atoms with Crippen molar-refractivity contribution >= 4 is 40.4 Å². The van der Waals surface area contributed by atoms with Crippen molar-refractivity contribution in [2.45, 2.75) is 25.8 Å². The molecule has 1 unspecified atom stereocenters. The molecular formula is C19H22ClN3O2S. The molecule has 1 aromatic heterocycles. The maximum Gasteiger partial charge on any atom is 0.265 e. The van der Waals surface area contributed by atoms with E-state index in [9.17, 15) is 9.59 Å². The molecule has 0 spiro atoms. The smallest absolute Gasteiger partial charge is 0.265 e. The molecule has 1 aromatic carbocycles. The number of nitrogens with two attached hydrogens (primary N) is 1. The summed E-state index contributed by atoms with van der Waals surface area (Å²) in [5.74, 6) is 0.186. The van der Waals surface area contributed by atoms with E-state index in [1.165, 1.54) is 11.3 Å². The van der Waals surface area contributed by atoms with Gasteiger partial charge in [-0.25, -0.2) is 0 Å². The topological polar surface area (TPSA) is 75.4 Å². The summed E-state index contributed by atoms with van der Waals surface area (Å²) < 4.78 is 0. The fourth-order valence-electron chi connectivity index (χ4n) is 3.16. The van der Waals surface area contributed by atoms with E-state index >= 15 is 0 Å². The zero-order valence-corrected chi connectivity index (χ0v) is 16.1. The number of amides is 2. The van der Waals surface area contributed by atoms with Crippen LogP contribution in [0.4, 0.5) is 5.69 Å². The van der Waals surface area contributed by atoms with E-state index in [-0.39, 0.29) is 17.9 Å². The monoisotopic (exact) mass is 391 g/mol. The average Bonchev–Trinajstić information content (AvgIpc) is 3.18. The van der Waals surface area contributed by atoms with Crippen LogP contribution in [0.3, 0.4) is 0 Å². The van der Waals surface area contributed by atoms with Gasteiger partial charge in [-0.2, -0.15) is 0 Å².